The lowest BCUT2D eigenvalue weighted by molar-refractivity contribution is -0.384. The number of nitrogens with two attached hydrogens (primary N) is 1. The molecule has 2 heterocycles. The molecule has 0 saturated carbocycles. The van der Waals surface area contributed by atoms with E-state index in [1.807, 2.05) is 0 Å². The standard InChI is InChI=1S/C10H14N6O3/c1-6-10(17)12-4-5-15(6)9-7(16(18)19)2-3-8(13-9)14-11/h2-3,6H,4-5,11H2,1H3,(H,12,17)(H,13,14). The van der Waals surface area contributed by atoms with Gasteiger partial charge < -0.3 is 15.6 Å². The zero-order valence-corrected chi connectivity index (χ0v) is 10.3. The Labute approximate surface area is 108 Å². The normalized spacial score (nSPS) is 18.9. The predicted molar refractivity (Wildman–Crippen MR) is 68.5 cm³/mol. The molecule has 1 unspecified atom stereocenters. The number of hydrogen-bond acceptors (Lipinski definition) is 7. The summed E-state index contributed by atoms with van der Waals surface area (Å²) in [6, 6.07) is 2.21. The van der Waals surface area contributed by atoms with Crippen molar-refractivity contribution in [2.75, 3.05) is 23.4 Å². The maximum Gasteiger partial charge on any atom is 0.311 e. The van der Waals surface area contributed by atoms with E-state index in [0.29, 0.717) is 18.9 Å². The summed E-state index contributed by atoms with van der Waals surface area (Å²) in [6.07, 6.45) is 0. The third kappa shape index (κ3) is 2.40. The molecule has 0 radical (unpaired) electrons. The molecule has 0 aromatic carbocycles. The van der Waals surface area contributed by atoms with Gasteiger partial charge >= 0.3 is 5.69 Å². The minimum Gasteiger partial charge on any atom is -0.353 e. The van der Waals surface area contributed by atoms with E-state index in [1.165, 1.54) is 12.1 Å². The zero-order valence-electron chi connectivity index (χ0n) is 10.3. The maximum atomic E-state index is 11.6. The second-order valence-corrected chi connectivity index (χ2v) is 4.10. The van der Waals surface area contributed by atoms with Crippen LogP contribution in [0.3, 0.4) is 0 Å². The molecular weight excluding hydrogens is 252 g/mol. The second kappa shape index (κ2) is 5.06. The Balaban J connectivity index is 2.46. The van der Waals surface area contributed by atoms with Crippen LogP contribution in [0.25, 0.3) is 0 Å². The minimum atomic E-state index is -0.526. The summed E-state index contributed by atoms with van der Waals surface area (Å²) in [5, 5.41) is 13.7. The molecule has 102 valence electrons. The monoisotopic (exact) mass is 266 g/mol. The van der Waals surface area contributed by atoms with Gasteiger partial charge in [0.15, 0.2) is 0 Å². The van der Waals surface area contributed by atoms with Crippen molar-refractivity contribution in [1.29, 1.82) is 0 Å². The Morgan fingerprint density at radius 2 is 2.37 bits per heavy atom. The number of piperazine rings is 1. The van der Waals surface area contributed by atoms with E-state index in [2.05, 4.69) is 15.7 Å². The van der Waals surface area contributed by atoms with Gasteiger partial charge in [0, 0.05) is 19.2 Å². The van der Waals surface area contributed by atoms with Crippen molar-refractivity contribution in [3.05, 3.63) is 22.2 Å². The summed E-state index contributed by atoms with van der Waals surface area (Å²) in [6.45, 7) is 2.54. The molecule has 0 bridgehead atoms. The summed E-state index contributed by atoms with van der Waals surface area (Å²) in [7, 11) is 0. The lowest BCUT2D eigenvalue weighted by Crippen LogP contribution is -2.54. The minimum absolute atomic E-state index is 0.141. The van der Waals surface area contributed by atoms with E-state index >= 15 is 0 Å². The van der Waals surface area contributed by atoms with Crippen LogP contribution in [-0.4, -0.2) is 34.9 Å². The van der Waals surface area contributed by atoms with Crippen molar-refractivity contribution in [1.82, 2.24) is 10.3 Å². The number of pyridine rings is 1. The molecule has 1 aromatic rings. The molecule has 1 aromatic heterocycles. The van der Waals surface area contributed by atoms with Gasteiger partial charge in [0.05, 0.1) is 4.92 Å². The van der Waals surface area contributed by atoms with Crippen LogP contribution in [0.15, 0.2) is 12.1 Å². The lowest BCUT2D eigenvalue weighted by atomic mass is 10.2. The number of nitrogens with zero attached hydrogens (tertiary/aromatic N) is 3. The molecule has 9 nitrogen and oxygen atoms in total. The second-order valence-electron chi connectivity index (χ2n) is 4.10. The van der Waals surface area contributed by atoms with Crippen molar-refractivity contribution < 1.29 is 9.72 Å². The first-order valence-corrected chi connectivity index (χ1v) is 5.71. The van der Waals surface area contributed by atoms with Gasteiger partial charge in [-0.2, -0.15) is 0 Å². The number of hydrogen-bond donors (Lipinski definition) is 3. The Bertz CT molecular complexity index is 520. The van der Waals surface area contributed by atoms with E-state index in [-0.39, 0.29) is 17.4 Å². The van der Waals surface area contributed by atoms with Crippen LogP contribution in [0.4, 0.5) is 17.3 Å². The van der Waals surface area contributed by atoms with Crippen molar-refractivity contribution in [3.8, 4) is 0 Å². The Morgan fingerprint density at radius 3 is 3.00 bits per heavy atom. The summed E-state index contributed by atoms with van der Waals surface area (Å²) in [4.78, 5) is 27.8. The number of carbonyl (C=O) groups excluding carboxylic acids is 1. The largest absolute Gasteiger partial charge is 0.353 e. The number of nitrogen functional groups attached to an aromatic ring is 1. The van der Waals surface area contributed by atoms with Crippen LogP contribution >= 0.6 is 0 Å². The van der Waals surface area contributed by atoms with E-state index in [9.17, 15) is 14.9 Å². The van der Waals surface area contributed by atoms with Crippen molar-refractivity contribution in [3.63, 3.8) is 0 Å². The van der Waals surface area contributed by atoms with Gasteiger partial charge in [0.2, 0.25) is 11.7 Å². The first-order chi connectivity index (χ1) is 9.04. The fourth-order valence-corrected chi connectivity index (χ4v) is 1.95. The number of amides is 1. The fourth-order valence-electron chi connectivity index (χ4n) is 1.95. The van der Waals surface area contributed by atoms with E-state index < -0.39 is 11.0 Å². The van der Waals surface area contributed by atoms with E-state index in [0.717, 1.165) is 0 Å². The van der Waals surface area contributed by atoms with Gasteiger partial charge in [-0.3, -0.25) is 14.9 Å². The van der Waals surface area contributed by atoms with Crippen LogP contribution in [0, 0.1) is 10.1 Å². The van der Waals surface area contributed by atoms with Crippen LogP contribution in [0.5, 0.6) is 0 Å². The van der Waals surface area contributed by atoms with Gasteiger partial charge in [-0.25, -0.2) is 10.8 Å². The van der Waals surface area contributed by atoms with Crippen LogP contribution in [0.1, 0.15) is 6.92 Å². The summed E-state index contributed by atoms with van der Waals surface area (Å²) >= 11 is 0. The first-order valence-electron chi connectivity index (χ1n) is 5.71. The molecule has 9 heteroatoms. The molecule has 0 spiro atoms. The number of carbonyl (C=O) groups is 1. The number of rotatable bonds is 3. The fraction of sp³-hybridized carbons (Fsp3) is 0.400. The molecule has 4 N–H and O–H groups in total. The molecule has 0 aliphatic carbocycles. The van der Waals surface area contributed by atoms with Gasteiger partial charge in [0.25, 0.3) is 0 Å². The van der Waals surface area contributed by atoms with E-state index in [4.69, 9.17) is 5.84 Å². The Hall–Kier alpha value is -2.42. The summed E-state index contributed by atoms with van der Waals surface area (Å²) in [5.74, 6) is 5.52. The number of nitro groups is 1. The van der Waals surface area contributed by atoms with Crippen LogP contribution < -0.4 is 21.5 Å². The van der Waals surface area contributed by atoms with Crippen LogP contribution in [0.2, 0.25) is 0 Å². The SMILES string of the molecule is CC1C(=O)NCCN1c1nc(NN)ccc1[N+](=O)[O-]. The third-order valence-corrected chi connectivity index (χ3v) is 2.97. The van der Waals surface area contributed by atoms with Gasteiger partial charge in [-0.1, -0.05) is 0 Å². The summed E-state index contributed by atoms with van der Waals surface area (Å²) < 4.78 is 0. The van der Waals surface area contributed by atoms with Crippen molar-refractivity contribution in [2.24, 2.45) is 5.84 Å². The lowest BCUT2D eigenvalue weighted by Gasteiger charge is -2.33. The van der Waals surface area contributed by atoms with Crippen molar-refractivity contribution in [2.45, 2.75) is 13.0 Å². The zero-order chi connectivity index (χ0) is 14.0. The first kappa shape index (κ1) is 13.0. The highest BCUT2D eigenvalue weighted by atomic mass is 16.6. The molecule has 1 atom stereocenters. The van der Waals surface area contributed by atoms with Gasteiger partial charge in [-0.05, 0) is 13.0 Å². The number of hydrazine groups is 1. The smallest absolute Gasteiger partial charge is 0.311 e. The quantitative estimate of drug-likeness (QED) is 0.386. The molecule has 1 fully saturated rings. The average molecular weight is 266 g/mol. The number of nitrogens with one attached hydrogen (secondary N) is 2. The van der Waals surface area contributed by atoms with Gasteiger partial charge in [0.1, 0.15) is 11.9 Å². The molecule has 1 aliphatic rings. The molecule has 1 amide bonds. The van der Waals surface area contributed by atoms with Crippen LogP contribution in [-0.2, 0) is 4.79 Å². The molecular formula is C10H14N6O3. The molecule has 1 saturated heterocycles. The number of aromatic nitrogens is 1. The average Bonchev–Trinajstić information content (AvgIpc) is 2.41. The van der Waals surface area contributed by atoms with E-state index in [1.54, 1.807) is 11.8 Å². The molecule has 2 rings (SSSR count). The number of anilines is 2. The van der Waals surface area contributed by atoms with Gasteiger partial charge in [-0.15, -0.1) is 0 Å². The molecule has 19 heavy (non-hydrogen) atoms. The predicted octanol–water partition coefficient (Wildman–Crippen LogP) is -0.400. The molecule has 1 aliphatic heterocycles. The Morgan fingerprint density at radius 1 is 1.63 bits per heavy atom. The Kier molecular flexibility index (Phi) is 3.47. The summed E-state index contributed by atoms with van der Waals surface area (Å²) in [5.41, 5.74) is 2.19. The highest BCUT2D eigenvalue weighted by Crippen LogP contribution is 2.29. The highest BCUT2D eigenvalue weighted by Gasteiger charge is 2.31. The van der Waals surface area contributed by atoms with Crippen molar-refractivity contribution >= 4 is 23.2 Å². The highest BCUT2D eigenvalue weighted by molar-refractivity contribution is 5.86. The topological polar surface area (TPSA) is 126 Å². The third-order valence-electron chi connectivity index (χ3n) is 2.97. The maximum absolute atomic E-state index is 11.6.